The maximum absolute atomic E-state index is 9.39. The van der Waals surface area contributed by atoms with Crippen molar-refractivity contribution in [1.29, 1.82) is 0 Å². The van der Waals surface area contributed by atoms with Gasteiger partial charge in [-0.15, -0.1) is 0 Å². The van der Waals surface area contributed by atoms with E-state index < -0.39 is 0 Å². The molecule has 0 amide bonds. The molecular weight excluding hydrogens is 202 g/mol. The molecule has 0 saturated carbocycles. The third-order valence-corrected chi connectivity index (χ3v) is 2.58. The number of aromatic nitrogens is 1. The Morgan fingerprint density at radius 1 is 1.43 bits per heavy atom. The van der Waals surface area contributed by atoms with Crippen molar-refractivity contribution in [1.82, 2.24) is 10.3 Å². The number of nitrogens with one attached hydrogen (secondary N) is 1. The summed E-state index contributed by atoms with van der Waals surface area (Å²) in [4.78, 5) is 6.07. The summed E-state index contributed by atoms with van der Waals surface area (Å²) in [6.07, 6.45) is 1.69. The van der Waals surface area contributed by atoms with E-state index in [4.69, 9.17) is 11.6 Å². The van der Waals surface area contributed by atoms with Gasteiger partial charge in [-0.3, -0.25) is 0 Å². The Bertz CT molecular complexity index is 326. The van der Waals surface area contributed by atoms with Crippen molar-refractivity contribution in [2.75, 3.05) is 31.1 Å². The highest BCUT2D eigenvalue weighted by Gasteiger charge is 2.12. The van der Waals surface area contributed by atoms with Crippen molar-refractivity contribution in [3.8, 4) is 5.75 Å². The summed E-state index contributed by atoms with van der Waals surface area (Å²) in [6.45, 7) is 3.79. The fourth-order valence-electron chi connectivity index (χ4n) is 1.52. The summed E-state index contributed by atoms with van der Waals surface area (Å²) in [5, 5.41) is 12.8. The zero-order chi connectivity index (χ0) is 9.97. The molecule has 1 saturated heterocycles. The number of hydrogen-bond acceptors (Lipinski definition) is 4. The van der Waals surface area contributed by atoms with Gasteiger partial charge in [0.2, 0.25) is 0 Å². The van der Waals surface area contributed by atoms with Gasteiger partial charge in [-0.25, -0.2) is 4.98 Å². The molecule has 1 aliphatic heterocycles. The first kappa shape index (κ1) is 9.55. The van der Waals surface area contributed by atoms with Crippen molar-refractivity contribution in [2.24, 2.45) is 0 Å². The average Bonchev–Trinajstić information content (AvgIpc) is 2.23. The van der Waals surface area contributed by atoms with Crippen molar-refractivity contribution in [3.63, 3.8) is 0 Å². The van der Waals surface area contributed by atoms with Gasteiger partial charge in [-0.2, -0.15) is 0 Å². The number of piperazine rings is 1. The molecule has 1 aromatic heterocycles. The topological polar surface area (TPSA) is 48.4 Å². The first-order chi connectivity index (χ1) is 6.77. The van der Waals surface area contributed by atoms with Gasteiger partial charge >= 0.3 is 0 Å². The molecule has 0 spiro atoms. The zero-order valence-corrected chi connectivity index (χ0v) is 8.46. The molecule has 0 bridgehead atoms. The van der Waals surface area contributed by atoms with Crippen LogP contribution in [0.3, 0.4) is 0 Å². The minimum absolute atomic E-state index is 0.0442. The monoisotopic (exact) mass is 213 g/mol. The van der Waals surface area contributed by atoms with E-state index in [1.165, 1.54) is 0 Å². The number of pyridine rings is 1. The van der Waals surface area contributed by atoms with Gasteiger partial charge < -0.3 is 15.3 Å². The molecule has 2 N–H and O–H groups in total. The highest BCUT2D eigenvalue weighted by atomic mass is 35.5. The minimum Gasteiger partial charge on any atom is -0.505 e. The Kier molecular flexibility index (Phi) is 2.74. The van der Waals surface area contributed by atoms with E-state index in [9.17, 15) is 5.11 Å². The lowest BCUT2D eigenvalue weighted by Crippen LogP contribution is -2.43. The maximum atomic E-state index is 9.39. The highest BCUT2D eigenvalue weighted by molar-refractivity contribution is 6.30. The molecule has 1 aromatic rings. The quantitative estimate of drug-likeness (QED) is 0.680. The van der Waals surface area contributed by atoms with Gasteiger partial charge in [0.05, 0.1) is 11.9 Å². The lowest BCUT2D eigenvalue weighted by molar-refractivity contribution is 0.472. The summed E-state index contributed by atoms with van der Waals surface area (Å²) >= 11 is 5.63. The van der Waals surface area contributed by atoms with Crippen LogP contribution >= 0.6 is 11.6 Å². The van der Waals surface area contributed by atoms with Crippen LogP contribution in [0.5, 0.6) is 5.75 Å². The summed E-state index contributed by atoms with van der Waals surface area (Å²) in [5.74, 6) is 0.0442. The van der Waals surface area contributed by atoms with Crippen LogP contribution in [0.25, 0.3) is 0 Å². The van der Waals surface area contributed by atoms with Crippen LogP contribution in [0.1, 0.15) is 0 Å². The smallest absolute Gasteiger partial charge is 0.170 e. The van der Waals surface area contributed by atoms with E-state index in [0.29, 0.717) is 0 Å². The van der Waals surface area contributed by atoms with Crippen LogP contribution in [0.4, 0.5) is 5.69 Å². The molecule has 14 heavy (non-hydrogen) atoms. The Hall–Kier alpha value is -1.00. The number of nitrogens with zero attached hydrogens (tertiary/aromatic N) is 2. The molecular formula is C9H12ClN3O. The number of halogens is 1. The average molecular weight is 214 g/mol. The van der Waals surface area contributed by atoms with E-state index in [0.717, 1.165) is 31.9 Å². The van der Waals surface area contributed by atoms with E-state index in [2.05, 4.69) is 15.2 Å². The largest absolute Gasteiger partial charge is 0.505 e. The fraction of sp³-hybridized carbons (Fsp3) is 0.444. The lowest BCUT2D eigenvalue weighted by atomic mass is 10.3. The normalized spacial score (nSPS) is 17.1. The lowest BCUT2D eigenvalue weighted by Gasteiger charge is -2.29. The first-order valence-corrected chi connectivity index (χ1v) is 4.95. The van der Waals surface area contributed by atoms with Gasteiger partial charge in [0.25, 0.3) is 0 Å². The van der Waals surface area contributed by atoms with Crippen molar-refractivity contribution in [2.45, 2.75) is 0 Å². The molecule has 0 aromatic carbocycles. The van der Waals surface area contributed by atoms with Crippen molar-refractivity contribution >= 4 is 17.3 Å². The van der Waals surface area contributed by atoms with Crippen LogP contribution in [-0.2, 0) is 0 Å². The number of rotatable bonds is 1. The number of aromatic hydroxyl groups is 1. The van der Waals surface area contributed by atoms with E-state index in [-0.39, 0.29) is 10.9 Å². The second-order valence-corrected chi connectivity index (χ2v) is 3.60. The Morgan fingerprint density at radius 2 is 2.14 bits per heavy atom. The SMILES string of the molecule is Oc1cc(N2CCNCC2)cnc1Cl. The predicted octanol–water partition coefficient (Wildman–Crippen LogP) is 0.850. The van der Waals surface area contributed by atoms with Crippen LogP contribution in [0.2, 0.25) is 5.15 Å². The Balaban J connectivity index is 2.18. The third kappa shape index (κ3) is 1.91. The highest BCUT2D eigenvalue weighted by Crippen LogP contribution is 2.25. The molecule has 2 heterocycles. The molecule has 4 nitrogen and oxygen atoms in total. The molecule has 5 heteroatoms. The zero-order valence-electron chi connectivity index (χ0n) is 7.70. The van der Waals surface area contributed by atoms with Gasteiger partial charge in [-0.1, -0.05) is 11.6 Å². The molecule has 2 rings (SSSR count). The molecule has 0 radical (unpaired) electrons. The Labute approximate surface area is 87.5 Å². The second kappa shape index (κ2) is 4.02. The molecule has 0 atom stereocenters. The van der Waals surface area contributed by atoms with Gasteiger partial charge in [-0.05, 0) is 0 Å². The van der Waals surface area contributed by atoms with Crippen molar-refractivity contribution < 1.29 is 5.11 Å². The van der Waals surface area contributed by atoms with Crippen LogP contribution < -0.4 is 10.2 Å². The van der Waals surface area contributed by atoms with Crippen molar-refractivity contribution in [3.05, 3.63) is 17.4 Å². The number of hydrogen-bond donors (Lipinski definition) is 2. The first-order valence-electron chi connectivity index (χ1n) is 4.57. The standard InChI is InChI=1S/C9H12ClN3O/c10-9-8(14)5-7(6-12-9)13-3-1-11-2-4-13/h5-6,11,14H,1-4H2. The predicted molar refractivity (Wildman–Crippen MR) is 56.0 cm³/mol. The fourth-order valence-corrected chi connectivity index (χ4v) is 1.63. The van der Waals surface area contributed by atoms with Gasteiger partial charge in [0.1, 0.15) is 0 Å². The van der Waals surface area contributed by atoms with E-state index in [1.807, 2.05) is 0 Å². The molecule has 0 aliphatic carbocycles. The molecule has 1 aliphatic rings. The summed E-state index contributed by atoms with van der Waals surface area (Å²) < 4.78 is 0. The summed E-state index contributed by atoms with van der Waals surface area (Å²) in [6, 6.07) is 1.65. The third-order valence-electron chi connectivity index (χ3n) is 2.29. The van der Waals surface area contributed by atoms with E-state index in [1.54, 1.807) is 12.3 Å². The van der Waals surface area contributed by atoms with Crippen LogP contribution in [0, 0.1) is 0 Å². The van der Waals surface area contributed by atoms with Crippen LogP contribution in [0.15, 0.2) is 12.3 Å². The molecule has 1 fully saturated rings. The van der Waals surface area contributed by atoms with E-state index >= 15 is 0 Å². The maximum Gasteiger partial charge on any atom is 0.170 e. The molecule has 0 unspecified atom stereocenters. The van der Waals surface area contributed by atoms with Gasteiger partial charge in [0, 0.05) is 32.2 Å². The summed E-state index contributed by atoms with van der Waals surface area (Å²) in [5.41, 5.74) is 0.924. The van der Waals surface area contributed by atoms with Gasteiger partial charge in [0.15, 0.2) is 10.9 Å². The molecule has 76 valence electrons. The second-order valence-electron chi connectivity index (χ2n) is 3.24. The number of anilines is 1. The minimum atomic E-state index is 0.0442. The van der Waals surface area contributed by atoms with Crippen LogP contribution in [-0.4, -0.2) is 36.3 Å². The Morgan fingerprint density at radius 3 is 2.79 bits per heavy atom. The summed E-state index contributed by atoms with van der Waals surface area (Å²) in [7, 11) is 0.